The summed E-state index contributed by atoms with van der Waals surface area (Å²) in [5, 5.41) is 29.0. The van der Waals surface area contributed by atoms with Crippen molar-refractivity contribution < 1.29 is 28.3 Å². The molecule has 21 heavy (non-hydrogen) atoms. The highest BCUT2D eigenvalue weighted by Gasteiger charge is 2.44. The molecule has 0 aliphatic carbocycles. The zero-order valence-corrected chi connectivity index (χ0v) is 11.3. The molecule has 1 aliphatic rings. The van der Waals surface area contributed by atoms with Gasteiger partial charge in [-0.1, -0.05) is 0 Å². The maximum Gasteiger partial charge on any atom is 0.363 e. The van der Waals surface area contributed by atoms with Gasteiger partial charge in [0.2, 0.25) is 10.0 Å². The minimum atomic E-state index is -4.20. The van der Waals surface area contributed by atoms with E-state index >= 15 is 0 Å². The molecule has 0 bridgehead atoms. The van der Waals surface area contributed by atoms with Gasteiger partial charge < -0.3 is 20.3 Å². The third-order valence-corrected chi connectivity index (χ3v) is 4.89. The fourth-order valence-corrected chi connectivity index (χ4v) is 3.62. The summed E-state index contributed by atoms with van der Waals surface area (Å²) >= 11 is 0. The molecule has 2 atom stereocenters. The SMILES string of the molecule is O=C(O)[C@@H]1C[C@H](O)CN1S(=O)(=O)c1ccc([N+](=O)[O-])nc1. The van der Waals surface area contributed by atoms with Crippen LogP contribution in [-0.4, -0.2) is 57.5 Å². The first-order valence-electron chi connectivity index (χ1n) is 5.76. The number of carbonyl (C=O) groups is 1. The standard InChI is InChI=1S/C10H11N3O7S/c14-6-3-8(10(15)16)12(5-6)21(19,20)7-1-2-9(11-4-7)13(17)18/h1-2,4,6,8,14H,3,5H2,(H,15,16)/t6-,8-/m0/s1. The first kappa shape index (κ1) is 15.3. The maximum atomic E-state index is 12.3. The number of nitro groups is 1. The third-order valence-electron chi connectivity index (χ3n) is 3.03. The molecular formula is C10H11N3O7S. The zero-order chi connectivity index (χ0) is 15.8. The summed E-state index contributed by atoms with van der Waals surface area (Å²) in [7, 11) is -4.20. The van der Waals surface area contributed by atoms with Crippen LogP contribution in [0.4, 0.5) is 5.82 Å². The third kappa shape index (κ3) is 2.84. The van der Waals surface area contributed by atoms with Crippen LogP contribution in [0.2, 0.25) is 0 Å². The number of hydrogen-bond acceptors (Lipinski definition) is 7. The van der Waals surface area contributed by atoms with Crippen molar-refractivity contribution in [2.45, 2.75) is 23.5 Å². The Balaban J connectivity index is 2.37. The van der Waals surface area contributed by atoms with Gasteiger partial charge in [0.1, 0.15) is 10.9 Å². The minimum Gasteiger partial charge on any atom is -0.480 e. The lowest BCUT2D eigenvalue weighted by Crippen LogP contribution is -2.40. The second-order valence-corrected chi connectivity index (χ2v) is 6.32. The van der Waals surface area contributed by atoms with Gasteiger partial charge in [-0.25, -0.2) is 8.42 Å². The molecule has 1 aromatic heterocycles. The number of sulfonamides is 1. The van der Waals surface area contributed by atoms with Gasteiger partial charge in [-0.15, -0.1) is 0 Å². The maximum absolute atomic E-state index is 12.3. The van der Waals surface area contributed by atoms with Crippen LogP contribution in [0.25, 0.3) is 0 Å². The van der Waals surface area contributed by atoms with Gasteiger partial charge in [0.25, 0.3) is 0 Å². The summed E-state index contributed by atoms with van der Waals surface area (Å²) in [5.74, 6) is -1.89. The van der Waals surface area contributed by atoms with E-state index in [-0.39, 0.29) is 17.9 Å². The quantitative estimate of drug-likeness (QED) is 0.541. The van der Waals surface area contributed by atoms with E-state index in [0.29, 0.717) is 4.31 Å². The van der Waals surface area contributed by atoms with Crippen molar-refractivity contribution in [1.82, 2.24) is 9.29 Å². The monoisotopic (exact) mass is 317 g/mol. The Kier molecular flexibility index (Phi) is 3.89. The molecule has 114 valence electrons. The van der Waals surface area contributed by atoms with Crippen LogP contribution in [0.1, 0.15) is 6.42 Å². The molecule has 0 radical (unpaired) electrons. The molecule has 1 aliphatic heterocycles. The molecular weight excluding hydrogens is 306 g/mol. The van der Waals surface area contributed by atoms with Gasteiger partial charge in [-0.3, -0.25) is 4.79 Å². The summed E-state index contributed by atoms with van der Waals surface area (Å²) in [5.41, 5.74) is 0. The smallest absolute Gasteiger partial charge is 0.363 e. The molecule has 0 spiro atoms. The fourth-order valence-electron chi connectivity index (χ4n) is 2.04. The Labute approximate surface area is 118 Å². The zero-order valence-electron chi connectivity index (χ0n) is 10.5. The van der Waals surface area contributed by atoms with Crippen LogP contribution < -0.4 is 0 Å². The van der Waals surface area contributed by atoms with E-state index in [0.717, 1.165) is 18.3 Å². The topological polar surface area (TPSA) is 151 Å². The number of aliphatic carboxylic acids is 1. The van der Waals surface area contributed by atoms with E-state index in [1.165, 1.54) is 0 Å². The van der Waals surface area contributed by atoms with Crippen molar-refractivity contribution >= 4 is 21.8 Å². The van der Waals surface area contributed by atoms with Gasteiger partial charge in [-0.2, -0.15) is 4.31 Å². The van der Waals surface area contributed by atoms with Crippen LogP contribution in [0.3, 0.4) is 0 Å². The van der Waals surface area contributed by atoms with Crippen molar-refractivity contribution in [2.75, 3.05) is 6.54 Å². The van der Waals surface area contributed by atoms with E-state index in [9.17, 15) is 28.4 Å². The number of hydrogen-bond donors (Lipinski definition) is 2. The average molecular weight is 317 g/mol. The molecule has 2 heterocycles. The summed E-state index contributed by atoms with van der Waals surface area (Å²) < 4.78 is 25.3. The van der Waals surface area contributed by atoms with Gasteiger partial charge in [-0.05, 0) is 16.0 Å². The molecule has 0 saturated carbocycles. The fraction of sp³-hybridized carbons (Fsp3) is 0.400. The Bertz CT molecular complexity index is 672. The summed E-state index contributed by atoms with van der Waals surface area (Å²) in [4.78, 5) is 23.8. The lowest BCUT2D eigenvalue weighted by molar-refractivity contribution is -0.389. The van der Waals surface area contributed by atoms with Crippen LogP contribution in [0, 0.1) is 10.1 Å². The van der Waals surface area contributed by atoms with E-state index in [4.69, 9.17) is 5.11 Å². The Morgan fingerprint density at radius 1 is 1.48 bits per heavy atom. The first-order chi connectivity index (χ1) is 9.73. The largest absolute Gasteiger partial charge is 0.480 e. The highest BCUT2D eigenvalue weighted by molar-refractivity contribution is 7.89. The van der Waals surface area contributed by atoms with Gasteiger partial charge >= 0.3 is 11.8 Å². The number of β-amino-alcohol motifs (C(OH)–C–C–N with tert-alkyl or cyclic N) is 1. The second kappa shape index (κ2) is 5.35. The van der Waals surface area contributed by atoms with E-state index in [1.807, 2.05) is 0 Å². The summed E-state index contributed by atoms with van der Waals surface area (Å²) in [6, 6.07) is 0.513. The average Bonchev–Trinajstić information content (AvgIpc) is 2.82. The normalized spacial score (nSPS) is 23.1. The Hall–Kier alpha value is -2.11. The Morgan fingerprint density at radius 3 is 2.62 bits per heavy atom. The van der Waals surface area contributed by atoms with Crippen LogP contribution in [-0.2, 0) is 14.8 Å². The predicted octanol–water partition coefficient (Wildman–Crippen LogP) is -0.802. The van der Waals surface area contributed by atoms with Crippen molar-refractivity contribution in [1.29, 1.82) is 0 Å². The number of aliphatic hydroxyl groups excluding tert-OH is 1. The van der Waals surface area contributed by atoms with E-state index in [1.54, 1.807) is 0 Å². The predicted molar refractivity (Wildman–Crippen MR) is 66.8 cm³/mol. The van der Waals surface area contributed by atoms with Gasteiger partial charge in [0.15, 0.2) is 6.20 Å². The lowest BCUT2D eigenvalue weighted by atomic mass is 10.2. The molecule has 11 heteroatoms. The number of rotatable bonds is 4. The van der Waals surface area contributed by atoms with Crippen molar-refractivity contribution in [2.24, 2.45) is 0 Å². The van der Waals surface area contributed by atoms with Crippen LogP contribution >= 0.6 is 0 Å². The molecule has 0 aromatic carbocycles. The summed E-state index contributed by atoms with van der Waals surface area (Å²) in [6.07, 6.45) is -0.502. The highest BCUT2D eigenvalue weighted by atomic mass is 32.2. The molecule has 1 fully saturated rings. The van der Waals surface area contributed by atoms with Crippen LogP contribution in [0.15, 0.2) is 23.2 Å². The molecule has 2 rings (SSSR count). The van der Waals surface area contributed by atoms with Crippen molar-refractivity contribution in [3.05, 3.63) is 28.4 Å². The number of carboxylic acids is 1. The number of pyridine rings is 1. The molecule has 2 N–H and O–H groups in total. The van der Waals surface area contributed by atoms with Gasteiger partial charge in [0, 0.05) is 19.0 Å². The highest BCUT2D eigenvalue weighted by Crippen LogP contribution is 2.26. The van der Waals surface area contributed by atoms with Crippen LogP contribution in [0.5, 0.6) is 0 Å². The number of nitrogens with zero attached hydrogens (tertiary/aromatic N) is 3. The molecule has 0 amide bonds. The molecule has 10 nitrogen and oxygen atoms in total. The molecule has 1 saturated heterocycles. The van der Waals surface area contributed by atoms with E-state index < -0.39 is 38.9 Å². The number of aromatic nitrogens is 1. The number of carboxylic acid groups (broad SMARTS) is 1. The minimum absolute atomic E-state index is 0.213. The summed E-state index contributed by atoms with van der Waals surface area (Å²) in [6.45, 7) is -0.351. The van der Waals surface area contributed by atoms with E-state index in [2.05, 4.69) is 4.98 Å². The molecule has 0 unspecified atom stereocenters. The number of aliphatic hydroxyl groups is 1. The first-order valence-corrected chi connectivity index (χ1v) is 7.20. The molecule has 1 aromatic rings. The van der Waals surface area contributed by atoms with Crippen molar-refractivity contribution in [3.63, 3.8) is 0 Å². The second-order valence-electron chi connectivity index (χ2n) is 4.43. The lowest BCUT2D eigenvalue weighted by Gasteiger charge is -2.19. The van der Waals surface area contributed by atoms with Crippen molar-refractivity contribution in [3.8, 4) is 0 Å². The van der Waals surface area contributed by atoms with Gasteiger partial charge in [0.05, 0.1) is 6.10 Å². The Morgan fingerprint density at radius 2 is 2.14 bits per heavy atom.